The Morgan fingerprint density at radius 1 is 1.33 bits per heavy atom. The summed E-state index contributed by atoms with van der Waals surface area (Å²) in [7, 11) is 0. The molecule has 6 heteroatoms. The van der Waals surface area contributed by atoms with Crippen molar-refractivity contribution in [2.24, 2.45) is 0 Å². The number of halogens is 3. The number of rotatable bonds is 4. The van der Waals surface area contributed by atoms with Gasteiger partial charge < -0.3 is 9.84 Å². The highest BCUT2D eigenvalue weighted by molar-refractivity contribution is 9.10. The van der Waals surface area contributed by atoms with Gasteiger partial charge in [0.15, 0.2) is 0 Å². The second kappa shape index (κ2) is 6.74. The number of aliphatic carboxylic acids is 1. The molecule has 0 aliphatic heterocycles. The van der Waals surface area contributed by atoms with Gasteiger partial charge in [-0.2, -0.15) is 0 Å². The van der Waals surface area contributed by atoms with Crippen molar-refractivity contribution in [1.29, 1.82) is 0 Å². The first kappa shape index (κ1) is 15.5. The molecule has 108 valence electrons. The lowest BCUT2D eigenvalue weighted by Gasteiger charge is -2.10. The number of carbonyl (C=O) groups is 1. The van der Waals surface area contributed by atoms with Gasteiger partial charge in [0, 0.05) is 22.2 Å². The van der Waals surface area contributed by atoms with Crippen LogP contribution in [0.4, 0.5) is 4.39 Å². The van der Waals surface area contributed by atoms with E-state index in [2.05, 4.69) is 15.9 Å². The van der Waals surface area contributed by atoms with E-state index in [1.807, 2.05) is 0 Å². The van der Waals surface area contributed by atoms with Gasteiger partial charge in [-0.05, 0) is 30.3 Å². The third-order valence-electron chi connectivity index (χ3n) is 2.47. The molecule has 3 nitrogen and oxygen atoms in total. The molecule has 0 fully saturated rings. The largest absolute Gasteiger partial charge is 0.478 e. The molecule has 0 saturated carbocycles. The summed E-state index contributed by atoms with van der Waals surface area (Å²) in [6, 6.07) is 8.99. The van der Waals surface area contributed by atoms with Gasteiger partial charge >= 0.3 is 5.97 Å². The Balaban J connectivity index is 2.39. The van der Waals surface area contributed by atoms with E-state index >= 15 is 0 Å². The Labute approximate surface area is 133 Å². The predicted octanol–water partition coefficient (Wildman–Crippen LogP) is 5.13. The minimum absolute atomic E-state index is 0.272. The van der Waals surface area contributed by atoms with Crippen LogP contribution in [-0.2, 0) is 4.79 Å². The van der Waals surface area contributed by atoms with Crippen molar-refractivity contribution in [2.75, 3.05) is 0 Å². The molecule has 0 aromatic heterocycles. The molecule has 0 amide bonds. The molecule has 1 N–H and O–H groups in total. The molecule has 0 heterocycles. The van der Waals surface area contributed by atoms with Crippen LogP contribution in [0.1, 0.15) is 5.56 Å². The van der Waals surface area contributed by atoms with Crippen molar-refractivity contribution >= 4 is 39.6 Å². The van der Waals surface area contributed by atoms with Crippen LogP contribution >= 0.6 is 27.5 Å². The zero-order valence-electron chi connectivity index (χ0n) is 10.5. The molecule has 0 aliphatic rings. The molecule has 0 saturated heterocycles. The van der Waals surface area contributed by atoms with Crippen molar-refractivity contribution in [3.63, 3.8) is 0 Å². The highest BCUT2D eigenvalue weighted by Crippen LogP contribution is 2.32. The van der Waals surface area contributed by atoms with Gasteiger partial charge in [-0.1, -0.05) is 33.6 Å². The summed E-state index contributed by atoms with van der Waals surface area (Å²) in [6.07, 6.45) is 2.28. The van der Waals surface area contributed by atoms with Crippen molar-refractivity contribution in [2.45, 2.75) is 0 Å². The molecular formula is C15H9BrClFO3. The van der Waals surface area contributed by atoms with Gasteiger partial charge in [0.05, 0.1) is 5.02 Å². The Bertz CT molecular complexity index is 696. The van der Waals surface area contributed by atoms with Crippen LogP contribution in [0.3, 0.4) is 0 Å². The second-order valence-electron chi connectivity index (χ2n) is 4.03. The van der Waals surface area contributed by atoms with E-state index in [1.54, 1.807) is 24.3 Å². The first-order valence-corrected chi connectivity index (χ1v) is 6.96. The zero-order chi connectivity index (χ0) is 15.4. The smallest absolute Gasteiger partial charge is 0.328 e. The fraction of sp³-hybridized carbons (Fsp3) is 0. The molecule has 0 spiro atoms. The first-order valence-electron chi connectivity index (χ1n) is 5.79. The maximum absolute atomic E-state index is 13.3. The molecule has 21 heavy (non-hydrogen) atoms. The summed E-state index contributed by atoms with van der Waals surface area (Å²) in [5.41, 5.74) is 0.405. The van der Waals surface area contributed by atoms with Crippen LogP contribution in [-0.4, -0.2) is 11.1 Å². The number of hydrogen-bond acceptors (Lipinski definition) is 2. The minimum atomic E-state index is -1.10. The normalized spacial score (nSPS) is 10.8. The van der Waals surface area contributed by atoms with E-state index in [0.29, 0.717) is 20.8 Å². The van der Waals surface area contributed by atoms with E-state index in [9.17, 15) is 9.18 Å². The SMILES string of the molecule is O=C(O)/C=C/c1c(Cl)cccc1Oc1cc(F)cc(Br)c1. The molecule has 2 aromatic carbocycles. The Morgan fingerprint density at radius 2 is 2.10 bits per heavy atom. The minimum Gasteiger partial charge on any atom is -0.478 e. The summed E-state index contributed by atoms with van der Waals surface area (Å²) in [4.78, 5) is 10.6. The van der Waals surface area contributed by atoms with Crippen LogP contribution in [0.25, 0.3) is 6.08 Å². The fourth-order valence-corrected chi connectivity index (χ4v) is 2.31. The van der Waals surface area contributed by atoms with E-state index in [1.165, 1.54) is 18.2 Å². The van der Waals surface area contributed by atoms with Crippen LogP contribution in [0.5, 0.6) is 11.5 Å². The lowest BCUT2D eigenvalue weighted by Crippen LogP contribution is -1.91. The predicted molar refractivity (Wildman–Crippen MR) is 82.3 cm³/mol. The second-order valence-corrected chi connectivity index (χ2v) is 5.35. The van der Waals surface area contributed by atoms with E-state index in [4.69, 9.17) is 21.4 Å². The third-order valence-corrected chi connectivity index (χ3v) is 3.26. The topological polar surface area (TPSA) is 46.5 Å². The number of ether oxygens (including phenoxy) is 1. The Morgan fingerprint density at radius 3 is 2.76 bits per heavy atom. The molecular weight excluding hydrogens is 363 g/mol. The highest BCUT2D eigenvalue weighted by Gasteiger charge is 2.08. The highest BCUT2D eigenvalue weighted by atomic mass is 79.9. The Hall–Kier alpha value is -1.85. The van der Waals surface area contributed by atoms with Gasteiger partial charge in [0.1, 0.15) is 17.3 Å². The first-order chi connectivity index (χ1) is 9.95. The molecule has 0 aliphatic carbocycles. The molecule has 0 radical (unpaired) electrons. The van der Waals surface area contributed by atoms with E-state index < -0.39 is 11.8 Å². The molecule has 0 atom stereocenters. The van der Waals surface area contributed by atoms with Crippen LogP contribution in [0, 0.1) is 5.82 Å². The van der Waals surface area contributed by atoms with Crippen molar-refractivity contribution in [3.8, 4) is 11.5 Å². The summed E-state index contributed by atoms with van der Waals surface area (Å²) in [5.74, 6) is -0.954. The number of carboxylic acids is 1. The lowest BCUT2D eigenvalue weighted by molar-refractivity contribution is -0.131. The molecule has 0 bridgehead atoms. The van der Waals surface area contributed by atoms with Crippen LogP contribution in [0.2, 0.25) is 5.02 Å². The summed E-state index contributed by atoms with van der Waals surface area (Å²) >= 11 is 9.21. The average Bonchev–Trinajstić information content (AvgIpc) is 2.36. The maximum Gasteiger partial charge on any atom is 0.328 e. The van der Waals surface area contributed by atoms with Gasteiger partial charge in [-0.3, -0.25) is 0 Å². The van der Waals surface area contributed by atoms with E-state index in [-0.39, 0.29) is 5.75 Å². The average molecular weight is 372 g/mol. The number of benzene rings is 2. The summed E-state index contributed by atoms with van der Waals surface area (Å²) in [6.45, 7) is 0. The molecule has 2 rings (SSSR count). The third kappa shape index (κ3) is 4.31. The zero-order valence-corrected chi connectivity index (χ0v) is 12.9. The number of carboxylic acid groups (broad SMARTS) is 1. The van der Waals surface area contributed by atoms with Crippen molar-refractivity contribution < 1.29 is 19.0 Å². The van der Waals surface area contributed by atoms with Crippen molar-refractivity contribution in [1.82, 2.24) is 0 Å². The maximum atomic E-state index is 13.3. The van der Waals surface area contributed by atoms with Crippen molar-refractivity contribution in [3.05, 3.63) is 63.4 Å². The van der Waals surface area contributed by atoms with Crippen LogP contribution in [0.15, 0.2) is 46.9 Å². The summed E-state index contributed by atoms with van der Waals surface area (Å²) in [5, 5.41) is 9.03. The van der Waals surface area contributed by atoms with Gasteiger partial charge in [-0.25, -0.2) is 9.18 Å². The standard InChI is InChI=1S/C15H9BrClFO3/c16-9-6-10(18)8-11(7-9)21-14-3-1-2-13(17)12(14)4-5-15(19)20/h1-8H,(H,19,20)/b5-4+. The van der Waals surface area contributed by atoms with E-state index in [0.717, 1.165) is 6.08 Å². The summed E-state index contributed by atoms with van der Waals surface area (Å²) < 4.78 is 19.5. The monoisotopic (exact) mass is 370 g/mol. The Kier molecular flexibility index (Phi) is 4.98. The van der Waals surface area contributed by atoms with Gasteiger partial charge in [0.2, 0.25) is 0 Å². The lowest BCUT2D eigenvalue weighted by atomic mass is 10.2. The van der Waals surface area contributed by atoms with Crippen LogP contribution < -0.4 is 4.74 Å². The quantitative estimate of drug-likeness (QED) is 0.758. The number of hydrogen-bond donors (Lipinski definition) is 1. The molecule has 2 aromatic rings. The van der Waals surface area contributed by atoms with Gasteiger partial charge in [0.25, 0.3) is 0 Å². The fourth-order valence-electron chi connectivity index (χ4n) is 1.64. The van der Waals surface area contributed by atoms with Gasteiger partial charge in [-0.15, -0.1) is 0 Å². The molecule has 0 unspecified atom stereocenters.